The lowest BCUT2D eigenvalue weighted by molar-refractivity contribution is -0.724. The van der Waals surface area contributed by atoms with Crippen LogP contribution in [0.5, 0.6) is 0 Å². The summed E-state index contributed by atoms with van der Waals surface area (Å²) >= 11 is 0. The molecule has 0 aliphatic heterocycles. The van der Waals surface area contributed by atoms with Crippen LogP contribution in [-0.2, 0) is 9.53 Å². The number of hydrogen-bond donors (Lipinski definition) is 1. The summed E-state index contributed by atoms with van der Waals surface area (Å²) < 4.78 is 4.71. The molecule has 0 radical (unpaired) electrons. The average molecular weight is 272 g/mol. The van der Waals surface area contributed by atoms with Crippen LogP contribution < -0.4 is 17.7 Å². The first-order valence-electron chi connectivity index (χ1n) is 6.14. The maximum atomic E-state index is 11.3. The Hall–Kier alpha value is -1.06. The SMILES string of the molecule is CC[C@H](CC(=O)OC)[NH2+]C(C)c1ccccc1.[Cl-]. The molecule has 0 fully saturated rings. The molecule has 102 valence electrons. The molecule has 0 aliphatic carbocycles. The van der Waals surface area contributed by atoms with Gasteiger partial charge in [-0.2, -0.15) is 0 Å². The minimum absolute atomic E-state index is 0. The molecular weight excluding hydrogens is 250 g/mol. The van der Waals surface area contributed by atoms with Crippen LogP contribution in [0.15, 0.2) is 30.3 Å². The van der Waals surface area contributed by atoms with E-state index in [0.29, 0.717) is 12.5 Å². The highest BCUT2D eigenvalue weighted by molar-refractivity contribution is 5.69. The number of halogens is 1. The minimum atomic E-state index is -0.131. The van der Waals surface area contributed by atoms with Crippen molar-refractivity contribution in [3.05, 3.63) is 35.9 Å². The summed E-state index contributed by atoms with van der Waals surface area (Å²) in [7, 11) is 1.44. The maximum absolute atomic E-state index is 11.3. The molecule has 1 aromatic carbocycles. The lowest BCUT2D eigenvalue weighted by atomic mass is 10.1. The summed E-state index contributed by atoms with van der Waals surface area (Å²) in [5.74, 6) is -0.131. The molecule has 2 atom stereocenters. The van der Waals surface area contributed by atoms with Gasteiger partial charge in [0.05, 0.1) is 19.6 Å². The summed E-state index contributed by atoms with van der Waals surface area (Å²) in [6, 6.07) is 11.0. The summed E-state index contributed by atoms with van der Waals surface area (Å²) in [6.45, 7) is 4.26. The van der Waals surface area contributed by atoms with E-state index in [2.05, 4.69) is 31.3 Å². The number of hydrogen-bond acceptors (Lipinski definition) is 2. The molecule has 2 N–H and O–H groups in total. The Morgan fingerprint density at radius 3 is 2.44 bits per heavy atom. The topological polar surface area (TPSA) is 42.9 Å². The molecule has 1 aromatic rings. The molecule has 18 heavy (non-hydrogen) atoms. The highest BCUT2D eigenvalue weighted by Crippen LogP contribution is 2.07. The second kappa shape index (κ2) is 8.95. The van der Waals surface area contributed by atoms with Crippen LogP contribution in [0.2, 0.25) is 0 Å². The number of nitrogens with two attached hydrogens (primary N) is 1. The Labute approximate surface area is 115 Å². The molecule has 0 spiro atoms. The van der Waals surface area contributed by atoms with Crippen molar-refractivity contribution < 1.29 is 27.3 Å². The van der Waals surface area contributed by atoms with Crippen molar-refractivity contribution >= 4 is 5.97 Å². The van der Waals surface area contributed by atoms with Gasteiger partial charge in [-0.25, -0.2) is 0 Å². The zero-order valence-electron chi connectivity index (χ0n) is 11.2. The second-order valence-corrected chi connectivity index (χ2v) is 4.34. The molecule has 0 bridgehead atoms. The van der Waals surface area contributed by atoms with Gasteiger partial charge < -0.3 is 22.5 Å². The molecule has 1 rings (SSSR count). The number of quaternary nitrogens is 1. The first-order chi connectivity index (χ1) is 8.17. The van der Waals surface area contributed by atoms with Crippen molar-refractivity contribution in [1.82, 2.24) is 0 Å². The lowest BCUT2D eigenvalue weighted by Crippen LogP contribution is -3.00. The van der Waals surface area contributed by atoms with Gasteiger partial charge in [0.2, 0.25) is 0 Å². The van der Waals surface area contributed by atoms with E-state index in [1.54, 1.807) is 0 Å². The van der Waals surface area contributed by atoms with Crippen LogP contribution in [0.25, 0.3) is 0 Å². The normalized spacial score (nSPS) is 13.3. The Kier molecular flexibility index (Phi) is 8.42. The third-order valence-corrected chi connectivity index (χ3v) is 3.07. The van der Waals surface area contributed by atoms with Gasteiger partial charge in [-0.3, -0.25) is 4.79 Å². The van der Waals surface area contributed by atoms with E-state index >= 15 is 0 Å². The van der Waals surface area contributed by atoms with Gasteiger partial charge in [0.1, 0.15) is 6.04 Å². The van der Waals surface area contributed by atoms with Crippen molar-refractivity contribution in [2.24, 2.45) is 0 Å². The zero-order valence-corrected chi connectivity index (χ0v) is 12.0. The van der Waals surface area contributed by atoms with Gasteiger partial charge in [0.15, 0.2) is 0 Å². The minimum Gasteiger partial charge on any atom is -1.00 e. The van der Waals surface area contributed by atoms with Gasteiger partial charge in [-0.15, -0.1) is 0 Å². The Morgan fingerprint density at radius 2 is 1.94 bits per heavy atom. The maximum Gasteiger partial charge on any atom is 0.311 e. The third-order valence-electron chi connectivity index (χ3n) is 3.07. The van der Waals surface area contributed by atoms with Gasteiger partial charge >= 0.3 is 5.97 Å². The quantitative estimate of drug-likeness (QED) is 0.651. The largest absolute Gasteiger partial charge is 1.00 e. The first kappa shape index (κ1) is 16.9. The van der Waals surface area contributed by atoms with Crippen LogP contribution in [-0.4, -0.2) is 19.1 Å². The molecule has 1 unspecified atom stereocenters. The average Bonchev–Trinajstić information content (AvgIpc) is 2.38. The summed E-state index contributed by atoms with van der Waals surface area (Å²) in [6.07, 6.45) is 1.44. The standard InChI is InChI=1S/C14H21NO2.ClH/c1-4-13(10-14(16)17-3)15-11(2)12-8-6-5-7-9-12;/h5-9,11,13,15H,4,10H2,1-3H3;1H/t11?,13-;/m1./s1. The Bertz CT molecular complexity index is 343. The Balaban J connectivity index is 0.00000289. The zero-order chi connectivity index (χ0) is 12.7. The number of carbonyl (C=O) groups is 1. The number of rotatable bonds is 6. The Morgan fingerprint density at radius 1 is 1.33 bits per heavy atom. The van der Waals surface area contributed by atoms with E-state index in [4.69, 9.17) is 4.74 Å². The van der Waals surface area contributed by atoms with E-state index in [0.717, 1.165) is 6.42 Å². The van der Waals surface area contributed by atoms with Crippen molar-refractivity contribution in [1.29, 1.82) is 0 Å². The van der Waals surface area contributed by atoms with E-state index in [9.17, 15) is 4.79 Å². The van der Waals surface area contributed by atoms with E-state index in [1.165, 1.54) is 12.7 Å². The fraction of sp³-hybridized carbons (Fsp3) is 0.500. The smallest absolute Gasteiger partial charge is 0.311 e. The number of ether oxygens (including phenoxy) is 1. The van der Waals surface area contributed by atoms with Gasteiger partial charge in [0.25, 0.3) is 0 Å². The predicted molar refractivity (Wildman–Crippen MR) is 67.5 cm³/mol. The first-order valence-corrected chi connectivity index (χ1v) is 6.14. The van der Waals surface area contributed by atoms with Crippen LogP contribution in [0.4, 0.5) is 0 Å². The van der Waals surface area contributed by atoms with Crippen LogP contribution in [0.1, 0.15) is 38.3 Å². The van der Waals surface area contributed by atoms with E-state index in [1.807, 2.05) is 18.2 Å². The number of methoxy groups -OCH3 is 1. The highest BCUT2D eigenvalue weighted by Gasteiger charge is 2.19. The van der Waals surface area contributed by atoms with Crippen molar-refractivity contribution in [2.45, 2.75) is 38.8 Å². The fourth-order valence-electron chi connectivity index (χ4n) is 1.92. The van der Waals surface area contributed by atoms with E-state index < -0.39 is 0 Å². The fourth-order valence-corrected chi connectivity index (χ4v) is 1.92. The van der Waals surface area contributed by atoms with Gasteiger partial charge in [-0.1, -0.05) is 37.3 Å². The molecule has 0 saturated heterocycles. The number of esters is 1. The molecule has 0 saturated carbocycles. The summed E-state index contributed by atoms with van der Waals surface area (Å²) in [5.41, 5.74) is 1.29. The molecule has 0 amide bonds. The highest BCUT2D eigenvalue weighted by atomic mass is 35.5. The van der Waals surface area contributed by atoms with Crippen LogP contribution in [0, 0.1) is 0 Å². The number of carbonyl (C=O) groups excluding carboxylic acids is 1. The molecular formula is C14H22ClNO2. The second-order valence-electron chi connectivity index (χ2n) is 4.34. The molecule has 0 aliphatic rings. The third kappa shape index (κ3) is 5.52. The lowest BCUT2D eigenvalue weighted by Gasteiger charge is -2.18. The number of benzene rings is 1. The molecule has 3 nitrogen and oxygen atoms in total. The van der Waals surface area contributed by atoms with Crippen LogP contribution in [0.3, 0.4) is 0 Å². The van der Waals surface area contributed by atoms with Gasteiger partial charge in [0, 0.05) is 5.56 Å². The molecule has 0 heterocycles. The summed E-state index contributed by atoms with van der Waals surface area (Å²) in [5, 5.41) is 2.24. The van der Waals surface area contributed by atoms with Gasteiger partial charge in [-0.05, 0) is 13.3 Å². The van der Waals surface area contributed by atoms with Crippen LogP contribution >= 0.6 is 0 Å². The van der Waals surface area contributed by atoms with Crippen molar-refractivity contribution in [3.63, 3.8) is 0 Å². The van der Waals surface area contributed by atoms with Crippen molar-refractivity contribution in [3.8, 4) is 0 Å². The predicted octanol–water partition coefficient (Wildman–Crippen LogP) is -1.34. The molecule has 4 heteroatoms. The molecule has 0 aromatic heterocycles. The monoisotopic (exact) mass is 271 g/mol. The van der Waals surface area contributed by atoms with E-state index in [-0.39, 0.29) is 24.4 Å². The van der Waals surface area contributed by atoms with Crippen molar-refractivity contribution in [2.75, 3.05) is 7.11 Å². The summed E-state index contributed by atoms with van der Waals surface area (Å²) in [4.78, 5) is 11.3.